The van der Waals surface area contributed by atoms with Crippen LogP contribution in [-0.2, 0) is 0 Å². The van der Waals surface area contributed by atoms with Crippen LogP contribution in [0.4, 0.5) is 28.8 Å². The molecule has 2 aromatic carbocycles. The van der Waals surface area contributed by atoms with Crippen LogP contribution in [0.2, 0.25) is 0 Å². The highest BCUT2D eigenvalue weighted by molar-refractivity contribution is 5.76. The minimum absolute atomic E-state index is 0.474. The summed E-state index contributed by atoms with van der Waals surface area (Å²) in [7, 11) is 3.30. The van der Waals surface area contributed by atoms with Gasteiger partial charge < -0.3 is 25.4 Å². The molecule has 0 saturated heterocycles. The molecule has 7 heteroatoms. The SMILES string of the molecule is COc1cccc(Nc2cnc(NC3CC3)nc2Nc2cccc(OC)c2)c1. The Morgan fingerprint density at radius 3 is 2.14 bits per heavy atom. The lowest BCUT2D eigenvalue weighted by atomic mass is 10.2. The van der Waals surface area contributed by atoms with E-state index in [0.29, 0.717) is 17.8 Å². The van der Waals surface area contributed by atoms with Crippen LogP contribution in [0.15, 0.2) is 54.7 Å². The number of anilines is 5. The van der Waals surface area contributed by atoms with E-state index < -0.39 is 0 Å². The molecule has 1 aliphatic rings. The van der Waals surface area contributed by atoms with Gasteiger partial charge >= 0.3 is 0 Å². The van der Waals surface area contributed by atoms with Gasteiger partial charge in [-0.3, -0.25) is 0 Å². The average molecular weight is 377 g/mol. The Labute approximate surface area is 164 Å². The van der Waals surface area contributed by atoms with Gasteiger partial charge in [-0.15, -0.1) is 0 Å². The van der Waals surface area contributed by atoms with Crippen molar-refractivity contribution >= 4 is 28.8 Å². The van der Waals surface area contributed by atoms with Gasteiger partial charge in [0.25, 0.3) is 0 Å². The number of aromatic nitrogens is 2. The van der Waals surface area contributed by atoms with E-state index in [1.54, 1.807) is 20.4 Å². The van der Waals surface area contributed by atoms with Crippen molar-refractivity contribution in [3.63, 3.8) is 0 Å². The second kappa shape index (κ2) is 8.04. The molecular formula is C21H23N5O2. The molecule has 0 spiro atoms. The first-order chi connectivity index (χ1) is 13.7. The number of nitrogens with one attached hydrogen (secondary N) is 3. The number of nitrogens with zero attached hydrogens (tertiary/aromatic N) is 2. The van der Waals surface area contributed by atoms with Gasteiger partial charge in [0, 0.05) is 29.5 Å². The number of hydrogen-bond donors (Lipinski definition) is 3. The lowest BCUT2D eigenvalue weighted by Gasteiger charge is -2.15. The largest absolute Gasteiger partial charge is 0.497 e. The van der Waals surface area contributed by atoms with E-state index in [2.05, 4.69) is 25.9 Å². The molecule has 0 unspecified atom stereocenters. The zero-order valence-electron chi connectivity index (χ0n) is 15.9. The summed E-state index contributed by atoms with van der Waals surface area (Å²) in [6, 6.07) is 15.9. The van der Waals surface area contributed by atoms with Gasteiger partial charge in [0.2, 0.25) is 5.95 Å². The summed E-state index contributed by atoms with van der Waals surface area (Å²) in [6.07, 6.45) is 4.09. The van der Waals surface area contributed by atoms with Crippen molar-refractivity contribution in [3.8, 4) is 11.5 Å². The van der Waals surface area contributed by atoms with Crippen LogP contribution < -0.4 is 25.4 Å². The fourth-order valence-corrected chi connectivity index (χ4v) is 2.74. The third-order valence-electron chi connectivity index (χ3n) is 4.38. The highest BCUT2D eigenvalue weighted by atomic mass is 16.5. The van der Waals surface area contributed by atoms with Crippen LogP contribution in [-0.4, -0.2) is 30.2 Å². The maximum Gasteiger partial charge on any atom is 0.224 e. The van der Waals surface area contributed by atoms with Crippen LogP contribution in [0.1, 0.15) is 12.8 Å². The molecule has 1 heterocycles. The van der Waals surface area contributed by atoms with E-state index in [9.17, 15) is 0 Å². The minimum Gasteiger partial charge on any atom is -0.497 e. The number of ether oxygens (including phenoxy) is 2. The zero-order valence-corrected chi connectivity index (χ0v) is 15.9. The predicted molar refractivity (Wildman–Crippen MR) is 111 cm³/mol. The quantitative estimate of drug-likeness (QED) is 0.531. The van der Waals surface area contributed by atoms with E-state index in [1.807, 2.05) is 48.5 Å². The molecule has 0 bridgehead atoms. The number of benzene rings is 2. The predicted octanol–water partition coefficient (Wildman–Crippen LogP) is 4.56. The van der Waals surface area contributed by atoms with Crippen LogP contribution in [0.5, 0.6) is 11.5 Å². The highest BCUT2D eigenvalue weighted by Crippen LogP contribution is 2.31. The van der Waals surface area contributed by atoms with Crippen molar-refractivity contribution < 1.29 is 9.47 Å². The lowest BCUT2D eigenvalue weighted by Crippen LogP contribution is -2.08. The molecule has 144 valence electrons. The lowest BCUT2D eigenvalue weighted by molar-refractivity contribution is 0.415. The molecule has 1 aliphatic carbocycles. The summed E-state index contributed by atoms with van der Waals surface area (Å²) in [4.78, 5) is 9.13. The van der Waals surface area contributed by atoms with E-state index in [1.165, 1.54) is 0 Å². The van der Waals surface area contributed by atoms with Crippen LogP contribution >= 0.6 is 0 Å². The summed E-state index contributed by atoms with van der Waals surface area (Å²) < 4.78 is 10.6. The fourth-order valence-electron chi connectivity index (χ4n) is 2.74. The van der Waals surface area contributed by atoms with E-state index in [0.717, 1.165) is 41.4 Å². The Kier molecular flexibility index (Phi) is 5.14. The van der Waals surface area contributed by atoms with Gasteiger partial charge in [0.15, 0.2) is 5.82 Å². The molecule has 0 radical (unpaired) electrons. The van der Waals surface area contributed by atoms with Crippen molar-refractivity contribution in [1.29, 1.82) is 0 Å². The fraction of sp³-hybridized carbons (Fsp3) is 0.238. The maximum absolute atomic E-state index is 5.31. The summed E-state index contributed by atoms with van der Waals surface area (Å²) in [6.45, 7) is 0. The van der Waals surface area contributed by atoms with Crippen molar-refractivity contribution in [2.75, 3.05) is 30.2 Å². The Bertz CT molecular complexity index is 959. The first kappa shape index (κ1) is 17.9. The van der Waals surface area contributed by atoms with Crippen molar-refractivity contribution in [2.24, 2.45) is 0 Å². The number of methoxy groups -OCH3 is 2. The topological polar surface area (TPSA) is 80.3 Å². The van der Waals surface area contributed by atoms with Gasteiger partial charge in [-0.1, -0.05) is 12.1 Å². The Balaban J connectivity index is 1.63. The van der Waals surface area contributed by atoms with Crippen molar-refractivity contribution in [2.45, 2.75) is 18.9 Å². The number of hydrogen-bond acceptors (Lipinski definition) is 7. The second-order valence-corrected chi connectivity index (χ2v) is 6.59. The molecule has 3 N–H and O–H groups in total. The Morgan fingerprint density at radius 1 is 0.893 bits per heavy atom. The van der Waals surface area contributed by atoms with Gasteiger partial charge in [-0.05, 0) is 37.1 Å². The second-order valence-electron chi connectivity index (χ2n) is 6.59. The minimum atomic E-state index is 0.474. The third-order valence-corrected chi connectivity index (χ3v) is 4.38. The van der Waals surface area contributed by atoms with Gasteiger partial charge in [-0.25, -0.2) is 4.98 Å². The average Bonchev–Trinajstić information content (AvgIpc) is 3.54. The zero-order chi connectivity index (χ0) is 19.3. The van der Waals surface area contributed by atoms with Crippen molar-refractivity contribution in [1.82, 2.24) is 9.97 Å². The summed E-state index contributed by atoms with van der Waals surface area (Å²) >= 11 is 0. The van der Waals surface area contributed by atoms with Crippen LogP contribution in [0, 0.1) is 0 Å². The van der Waals surface area contributed by atoms with Gasteiger partial charge in [0.1, 0.15) is 17.2 Å². The normalized spacial score (nSPS) is 12.9. The molecule has 0 atom stereocenters. The molecule has 1 saturated carbocycles. The van der Waals surface area contributed by atoms with E-state index >= 15 is 0 Å². The Morgan fingerprint density at radius 2 is 1.54 bits per heavy atom. The first-order valence-corrected chi connectivity index (χ1v) is 9.19. The molecule has 28 heavy (non-hydrogen) atoms. The van der Waals surface area contributed by atoms with Gasteiger partial charge in [-0.2, -0.15) is 4.98 Å². The maximum atomic E-state index is 5.31. The molecule has 0 amide bonds. The monoisotopic (exact) mass is 377 g/mol. The summed E-state index contributed by atoms with van der Waals surface area (Å²) in [5, 5.41) is 10.1. The molecule has 4 rings (SSSR count). The number of rotatable bonds is 8. The van der Waals surface area contributed by atoms with E-state index in [4.69, 9.17) is 9.47 Å². The van der Waals surface area contributed by atoms with Crippen LogP contribution in [0.3, 0.4) is 0 Å². The summed E-state index contributed by atoms with van der Waals surface area (Å²) in [5.74, 6) is 2.84. The van der Waals surface area contributed by atoms with E-state index in [-0.39, 0.29) is 0 Å². The van der Waals surface area contributed by atoms with Gasteiger partial charge in [0.05, 0.1) is 20.4 Å². The molecular weight excluding hydrogens is 354 g/mol. The summed E-state index contributed by atoms with van der Waals surface area (Å²) in [5.41, 5.74) is 2.53. The molecule has 7 nitrogen and oxygen atoms in total. The third kappa shape index (κ3) is 4.43. The smallest absolute Gasteiger partial charge is 0.224 e. The molecule has 0 aliphatic heterocycles. The molecule has 1 fully saturated rings. The van der Waals surface area contributed by atoms with Crippen LogP contribution in [0.25, 0.3) is 0 Å². The Hall–Kier alpha value is -3.48. The molecule has 3 aromatic rings. The standard InChI is InChI=1S/C21H23N5O2/c1-27-17-7-3-5-15(11-17)23-19-13-22-21(25-14-9-10-14)26-20(19)24-16-6-4-8-18(12-16)28-2/h3-8,11-14,23H,9-10H2,1-2H3,(H2,22,24,25,26). The highest BCUT2D eigenvalue weighted by Gasteiger charge is 2.22. The first-order valence-electron chi connectivity index (χ1n) is 9.19. The van der Waals surface area contributed by atoms with Crippen molar-refractivity contribution in [3.05, 3.63) is 54.7 Å². The molecule has 1 aromatic heterocycles.